The first-order valence-corrected chi connectivity index (χ1v) is 11.4. The van der Waals surface area contributed by atoms with Gasteiger partial charge in [0.2, 0.25) is 5.91 Å². The molecule has 1 amide bonds. The normalized spacial score (nSPS) is 12.0. The first kappa shape index (κ1) is 23.2. The van der Waals surface area contributed by atoms with Gasteiger partial charge in [0.25, 0.3) is 5.56 Å². The van der Waals surface area contributed by atoms with Gasteiger partial charge in [-0.2, -0.15) is 0 Å². The van der Waals surface area contributed by atoms with E-state index in [1.54, 1.807) is 19.2 Å². The third-order valence-electron chi connectivity index (χ3n) is 5.56. The predicted molar refractivity (Wildman–Crippen MR) is 129 cm³/mol. The summed E-state index contributed by atoms with van der Waals surface area (Å²) in [7, 11) is 2.88. The zero-order valence-electron chi connectivity index (χ0n) is 19.1. The number of nitrogens with one attached hydrogen (secondary N) is 1. The molecule has 4 aromatic rings. The van der Waals surface area contributed by atoms with Gasteiger partial charge in [-0.1, -0.05) is 30.3 Å². The van der Waals surface area contributed by atoms with Crippen LogP contribution in [-0.4, -0.2) is 37.2 Å². The number of hydrogen-bond acceptors (Lipinski definition) is 7. The van der Waals surface area contributed by atoms with Crippen molar-refractivity contribution in [2.45, 2.75) is 19.9 Å². The number of rotatable bonds is 6. The van der Waals surface area contributed by atoms with Gasteiger partial charge in [0, 0.05) is 25.0 Å². The molecule has 0 radical (unpaired) electrons. The summed E-state index contributed by atoms with van der Waals surface area (Å²) in [5, 5.41) is 4.94. The molecule has 4 rings (SSSR count). The molecule has 1 N–H and O–H groups in total. The summed E-state index contributed by atoms with van der Waals surface area (Å²) >= 11 is 1.21. The summed E-state index contributed by atoms with van der Waals surface area (Å²) in [6, 6.07) is 8.49. The van der Waals surface area contributed by atoms with Gasteiger partial charge in [-0.15, -0.1) is 11.3 Å². The molecular formula is C23H23N5O5S. The van der Waals surface area contributed by atoms with Crippen LogP contribution in [0, 0.1) is 0 Å². The number of thiophene rings is 1. The van der Waals surface area contributed by atoms with E-state index in [2.05, 4.69) is 10.3 Å². The highest BCUT2D eigenvalue weighted by molar-refractivity contribution is 7.15. The number of esters is 1. The predicted octanol–water partition coefficient (Wildman–Crippen LogP) is 2.54. The van der Waals surface area contributed by atoms with Crippen molar-refractivity contribution in [2.24, 2.45) is 14.1 Å². The van der Waals surface area contributed by atoms with Crippen LogP contribution in [0.5, 0.6) is 0 Å². The van der Waals surface area contributed by atoms with E-state index >= 15 is 0 Å². The minimum Gasteiger partial charge on any atom is -0.462 e. The van der Waals surface area contributed by atoms with E-state index in [4.69, 9.17) is 4.74 Å². The topological polar surface area (TPSA) is 117 Å². The van der Waals surface area contributed by atoms with Gasteiger partial charge in [-0.3, -0.25) is 18.7 Å². The molecule has 3 aromatic heterocycles. The largest absolute Gasteiger partial charge is 0.462 e. The lowest BCUT2D eigenvalue weighted by atomic mass is 10.0. The highest BCUT2D eigenvalue weighted by Crippen LogP contribution is 2.36. The Morgan fingerprint density at radius 3 is 2.53 bits per heavy atom. The second-order valence-corrected chi connectivity index (χ2v) is 8.51. The fourth-order valence-corrected chi connectivity index (χ4v) is 4.65. The third-order valence-corrected chi connectivity index (χ3v) is 6.46. The summed E-state index contributed by atoms with van der Waals surface area (Å²) < 4.78 is 8.88. The molecule has 0 aliphatic rings. The number of carbonyl (C=O) groups is 2. The van der Waals surface area contributed by atoms with Crippen molar-refractivity contribution in [1.29, 1.82) is 0 Å². The maximum atomic E-state index is 13.2. The van der Waals surface area contributed by atoms with Crippen LogP contribution in [0.2, 0.25) is 0 Å². The van der Waals surface area contributed by atoms with E-state index in [0.717, 1.165) is 10.1 Å². The number of imidazole rings is 1. The standard InChI is InChI=1S/C23H23N5O5S/c1-5-33-22(31)16-15(14-9-7-6-8-10-14)11-34-20(16)25-19(29)13(2)28-12-24-18-17(28)21(30)27(4)23(32)26(18)3/h6-13H,5H2,1-4H3,(H,25,29). The Bertz CT molecular complexity index is 1510. The number of aryl methyl sites for hydroxylation is 1. The average Bonchev–Trinajstić information content (AvgIpc) is 3.46. The highest BCUT2D eigenvalue weighted by Gasteiger charge is 2.26. The number of amides is 1. The zero-order chi connectivity index (χ0) is 24.6. The van der Waals surface area contributed by atoms with Crippen molar-refractivity contribution in [2.75, 3.05) is 11.9 Å². The summed E-state index contributed by atoms with van der Waals surface area (Å²) in [4.78, 5) is 55.1. The maximum Gasteiger partial charge on any atom is 0.341 e. The smallest absolute Gasteiger partial charge is 0.341 e. The number of ether oxygens (including phenoxy) is 1. The number of fused-ring (bicyclic) bond motifs is 1. The number of aromatic nitrogens is 4. The molecule has 0 saturated heterocycles. The van der Waals surface area contributed by atoms with E-state index in [-0.39, 0.29) is 23.3 Å². The Kier molecular flexibility index (Phi) is 6.20. The molecule has 1 atom stereocenters. The summed E-state index contributed by atoms with van der Waals surface area (Å²) in [5.41, 5.74) is 1.00. The highest BCUT2D eigenvalue weighted by atomic mass is 32.1. The van der Waals surface area contributed by atoms with Gasteiger partial charge in [-0.05, 0) is 19.4 Å². The van der Waals surface area contributed by atoms with Crippen LogP contribution < -0.4 is 16.6 Å². The van der Waals surface area contributed by atoms with Crippen molar-refractivity contribution in [3.63, 3.8) is 0 Å². The van der Waals surface area contributed by atoms with Gasteiger partial charge in [-0.25, -0.2) is 14.6 Å². The van der Waals surface area contributed by atoms with Crippen molar-refractivity contribution >= 4 is 39.4 Å². The SMILES string of the molecule is CCOC(=O)c1c(-c2ccccc2)csc1NC(=O)C(C)n1cnc2c1c(=O)n(C)c(=O)n2C. The molecule has 1 unspecified atom stereocenters. The first-order valence-electron chi connectivity index (χ1n) is 10.5. The van der Waals surface area contributed by atoms with Crippen LogP contribution in [0.4, 0.5) is 5.00 Å². The molecule has 0 saturated carbocycles. The molecule has 34 heavy (non-hydrogen) atoms. The van der Waals surface area contributed by atoms with Crippen LogP contribution in [0.15, 0.2) is 51.6 Å². The lowest BCUT2D eigenvalue weighted by Crippen LogP contribution is -2.38. The summed E-state index contributed by atoms with van der Waals surface area (Å²) in [6.45, 7) is 3.51. The van der Waals surface area contributed by atoms with Gasteiger partial charge in [0.1, 0.15) is 16.6 Å². The second kappa shape index (κ2) is 9.10. The molecule has 1 aromatic carbocycles. The molecule has 0 spiro atoms. The Morgan fingerprint density at radius 2 is 1.85 bits per heavy atom. The number of carbonyl (C=O) groups excluding carboxylic acids is 2. The Balaban J connectivity index is 1.73. The quantitative estimate of drug-likeness (QED) is 0.423. The van der Waals surface area contributed by atoms with Crippen molar-refractivity contribution in [3.8, 4) is 11.1 Å². The Morgan fingerprint density at radius 1 is 1.15 bits per heavy atom. The van der Waals surface area contributed by atoms with Crippen molar-refractivity contribution < 1.29 is 14.3 Å². The van der Waals surface area contributed by atoms with Gasteiger partial charge in [0.15, 0.2) is 11.2 Å². The van der Waals surface area contributed by atoms with E-state index in [1.807, 2.05) is 30.3 Å². The molecule has 0 fully saturated rings. The van der Waals surface area contributed by atoms with Gasteiger partial charge in [0.05, 0.1) is 12.9 Å². The lowest BCUT2D eigenvalue weighted by molar-refractivity contribution is -0.118. The van der Waals surface area contributed by atoms with Gasteiger partial charge >= 0.3 is 11.7 Å². The molecule has 0 bridgehead atoms. The average molecular weight is 482 g/mol. The fraction of sp³-hybridized carbons (Fsp3) is 0.261. The Hall–Kier alpha value is -3.99. The molecule has 0 aliphatic heterocycles. The number of hydrogen-bond donors (Lipinski definition) is 1. The Labute approximate surface area is 198 Å². The molecular weight excluding hydrogens is 458 g/mol. The van der Waals surface area contributed by atoms with Crippen LogP contribution in [0.25, 0.3) is 22.3 Å². The number of benzene rings is 1. The van der Waals surface area contributed by atoms with Crippen molar-refractivity contribution in [3.05, 3.63) is 68.4 Å². The van der Waals surface area contributed by atoms with Gasteiger partial charge < -0.3 is 14.6 Å². The van der Waals surface area contributed by atoms with Crippen molar-refractivity contribution in [1.82, 2.24) is 18.7 Å². The minimum atomic E-state index is -0.854. The monoisotopic (exact) mass is 481 g/mol. The van der Waals surface area contributed by atoms with Crippen LogP contribution in [0.3, 0.4) is 0 Å². The van der Waals surface area contributed by atoms with E-state index < -0.39 is 29.2 Å². The third kappa shape index (κ3) is 3.83. The summed E-state index contributed by atoms with van der Waals surface area (Å²) in [6.07, 6.45) is 1.35. The van der Waals surface area contributed by atoms with E-state index in [0.29, 0.717) is 10.6 Å². The maximum absolute atomic E-state index is 13.2. The molecule has 3 heterocycles. The fourth-order valence-electron chi connectivity index (χ4n) is 3.69. The molecule has 10 nitrogen and oxygen atoms in total. The molecule has 11 heteroatoms. The second-order valence-electron chi connectivity index (χ2n) is 7.64. The lowest BCUT2D eigenvalue weighted by Gasteiger charge is -2.15. The minimum absolute atomic E-state index is 0.133. The summed E-state index contributed by atoms with van der Waals surface area (Å²) in [5.74, 6) is -0.996. The van der Waals surface area contributed by atoms with E-state index in [9.17, 15) is 19.2 Å². The number of nitrogens with zero attached hydrogens (tertiary/aromatic N) is 4. The number of anilines is 1. The van der Waals surface area contributed by atoms with Crippen LogP contribution >= 0.6 is 11.3 Å². The van der Waals surface area contributed by atoms with Crippen LogP contribution in [0.1, 0.15) is 30.2 Å². The van der Waals surface area contributed by atoms with Crippen LogP contribution in [-0.2, 0) is 23.6 Å². The molecule has 0 aliphatic carbocycles. The van der Waals surface area contributed by atoms with E-state index in [1.165, 1.54) is 40.9 Å². The first-order chi connectivity index (χ1) is 16.3. The zero-order valence-corrected chi connectivity index (χ0v) is 19.9. The molecule has 176 valence electrons.